The number of hydrogen-bond donors (Lipinski definition) is 1. The molecule has 1 unspecified atom stereocenters. The Morgan fingerprint density at radius 2 is 1.71 bits per heavy atom. The van der Waals surface area contributed by atoms with E-state index in [0.29, 0.717) is 18.6 Å². The number of nitrogens with zero attached hydrogens (tertiary/aromatic N) is 1. The van der Waals surface area contributed by atoms with Crippen molar-refractivity contribution in [3.63, 3.8) is 0 Å². The Kier molecular flexibility index (Phi) is 9.06. The minimum Gasteiger partial charge on any atom is -0.497 e. The molecule has 0 aromatic heterocycles. The van der Waals surface area contributed by atoms with Crippen LogP contribution in [0.25, 0.3) is 0 Å². The second-order valence-electron chi connectivity index (χ2n) is 8.45. The van der Waals surface area contributed by atoms with Crippen LogP contribution >= 0.6 is 0 Å². The van der Waals surface area contributed by atoms with Crippen LogP contribution in [-0.2, 0) is 30.8 Å². The van der Waals surface area contributed by atoms with E-state index in [4.69, 9.17) is 9.47 Å². The number of sulfonamides is 1. The molecule has 2 aromatic rings. The van der Waals surface area contributed by atoms with Crippen LogP contribution in [0.3, 0.4) is 0 Å². The van der Waals surface area contributed by atoms with E-state index < -0.39 is 21.9 Å². The van der Waals surface area contributed by atoms with Gasteiger partial charge in [-0.3, -0.25) is 9.59 Å². The van der Waals surface area contributed by atoms with Crippen molar-refractivity contribution in [3.05, 3.63) is 60.2 Å². The number of aryl methyl sites for hydroxylation is 1. The number of nitrogens with one attached hydrogen (secondary N) is 1. The number of carbonyl (C=O) groups is 2. The molecule has 1 saturated heterocycles. The summed E-state index contributed by atoms with van der Waals surface area (Å²) < 4.78 is 37.3. The van der Waals surface area contributed by atoms with Gasteiger partial charge in [0.15, 0.2) is 6.61 Å². The number of methoxy groups -OCH3 is 1. The maximum Gasteiger partial charge on any atom is 0.309 e. The minimum atomic E-state index is -3.64. The second kappa shape index (κ2) is 12.0. The summed E-state index contributed by atoms with van der Waals surface area (Å²) in [6, 6.07) is 16.2. The van der Waals surface area contributed by atoms with Gasteiger partial charge < -0.3 is 14.8 Å². The standard InChI is InChI=1S/C25H32N2O6S/c1-19(8-9-20-6-4-3-5-7-20)26-24(28)18-33-25(29)21-14-16-27(17-15-21)34(30,31)23-12-10-22(32-2)11-13-23/h3-7,10-13,19,21H,8-9,14-18H2,1-2H3,(H,26,28). The fourth-order valence-electron chi connectivity index (χ4n) is 3.90. The number of esters is 1. The number of benzene rings is 2. The summed E-state index contributed by atoms with van der Waals surface area (Å²) in [4.78, 5) is 24.8. The zero-order chi connectivity index (χ0) is 24.6. The Morgan fingerprint density at radius 3 is 2.32 bits per heavy atom. The van der Waals surface area contributed by atoms with Crippen molar-refractivity contribution >= 4 is 21.9 Å². The van der Waals surface area contributed by atoms with E-state index in [1.165, 1.54) is 29.1 Å². The zero-order valence-electron chi connectivity index (χ0n) is 19.6. The molecule has 3 rings (SSSR count). The predicted octanol–water partition coefficient (Wildman–Crippen LogP) is 2.78. The van der Waals surface area contributed by atoms with Gasteiger partial charge in [-0.05, 0) is 62.4 Å². The first-order valence-electron chi connectivity index (χ1n) is 11.4. The molecule has 1 N–H and O–H groups in total. The number of ether oxygens (including phenoxy) is 2. The van der Waals surface area contributed by atoms with Gasteiger partial charge in [-0.1, -0.05) is 30.3 Å². The van der Waals surface area contributed by atoms with E-state index in [1.54, 1.807) is 12.1 Å². The number of hydrogen-bond acceptors (Lipinski definition) is 6. The third-order valence-electron chi connectivity index (χ3n) is 5.95. The van der Waals surface area contributed by atoms with Crippen molar-refractivity contribution in [2.75, 3.05) is 26.8 Å². The van der Waals surface area contributed by atoms with E-state index >= 15 is 0 Å². The minimum absolute atomic E-state index is 0.0437. The Balaban J connectivity index is 1.39. The molecule has 1 aliphatic rings. The molecule has 0 spiro atoms. The Labute approximate surface area is 201 Å². The van der Waals surface area contributed by atoms with Crippen LogP contribution in [0.2, 0.25) is 0 Å². The van der Waals surface area contributed by atoms with Gasteiger partial charge in [-0.2, -0.15) is 4.31 Å². The van der Waals surface area contributed by atoms with Crippen LogP contribution in [0.5, 0.6) is 5.75 Å². The molecule has 1 aliphatic heterocycles. The number of carbonyl (C=O) groups excluding carboxylic acids is 2. The first-order chi connectivity index (χ1) is 16.3. The average Bonchev–Trinajstić information content (AvgIpc) is 2.86. The third-order valence-corrected chi connectivity index (χ3v) is 7.86. The number of piperidine rings is 1. The average molecular weight is 489 g/mol. The Bertz CT molecular complexity index is 1050. The van der Waals surface area contributed by atoms with E-state index in [9.17, 15) is 18.0 Å². The van der Waals surface area contributed by atoms with Gasteiger partial charge in [0, 0.05) is 19.1 Å². The lowest BCUT2D eigenvalue weighted by molar-refractivity contribution is -0.153. The first kappa shape index (κ1) is 25.7. The number of rotatable bonds is 10. The maximum absolute atomic E-state index is 12.8. The summed E-state index contributed by atoms with van der Waals surface area (Å²) in [6.07, 6.45) is 2.33. The normalized spacial score (nSPS) is 15.9. The van der Waals surface area contributed by atoms with Crippen LogP contribution in [-0.4, -0.2) is 57.4 Å². The molecule has 1 atom stereocenters. The van der Waals surface area contributed by atoms with Crippen LogP contribution in [0.1, 0.15) is 31.7 Å². The fraction of sp³-hybridized carbons (Fsp3) is 0.440. The molecule has 184 valence electrons. The smallest absolute Gasteiger partial charge is 0.309 e. The van der Waals surface area contributed by atoms with Gasteiger partial charge in [0.05, 0.1) is 17.9 Å². The van der Waals surface area contributed by atoms with Crippen LogP contribution in [0.15, 0.2) is 59.5 Å². The maximum atomic E-state index is 12.8. The molecular formula is C25H32N2O6S. The van der Waals surface area contributed by atoms with E-state index in [0.717, 1.165) is 12.8 Å². The highest BCUT2D eigenvalue weighted by molar-refractivity contribution is 7.89. The van der Waals surface area contributed by atoms with E-state index in [2.05, 4.69) is 5.32 Å². The van der Waals surface area contributed by atoms with Gasteiger partial charge in [-0.25, -0.2) is 8.42 Å². The van der Waals surface area contributed by atoms with Crippen molar-refractivity contribution in [3.8, 4) is 5.75 Å². The fourth-order valence-corrected chi connectivity index (χ4v) is 5.37. The van der Waals surface area contributed by atoms with Crippen molar-refractivity contribution in [1.29, 1.82) is 0 Å². The summed E-state index contributed by atoms with van der Waals surface area (Å²) in [5.74, 6) is -0.650. The van der Waals surface area contributed by atoms with Crippen molar-refractivity contribution < 1.29 is 27.5 Å². The lowest BCUT2D eigenvalue weighted by atomic mass is 9.98. The lowest BCUT2D eigenvalue weighted by Gasteiger charge is -2.30. The third kappa shape index (κ3) is 7.04. The Hall–Kier alpha value is -2.91. The molecule has 0 radical (unpaired) electrons. The predicted molar refractivity (Wildman–Crippen MR) is 128 cm³/mol. The van der Waals surface area contributed by atoms with Crippen LogP contribution in [0.4, 0.5) is 0 Å². The molecule has 0 saturated carbocycles. The summed E-state index contributed by atoms with van der Waals surface area (Å²) >= 11 is 0. The summed E-state index contributed by atoms with van der Waals surface area (Å²) in [7, 11) is -2.12. The molecule has 9 heteroatoms. The molecule has 0 bridgehead atoms. The van der Waals surface area contributed by atoms with Gasteiger partial charge in [-0.15, -0.1) is 0 Å². The van der Waals surface area contributed by atoms with Crippen LogP contribution < -0.4 is 10.1 Å². The highest BCUT2D eigenvalue weighted by Gasteiger charge is 2.33. The van der Waals surface area contributed by atoms with Crippen molar-refractivity contribution in [2.45, 2.75) is 43.5 Å². The van der Waals surface area contributed by atoms with Crippen LogP contribution in [0, 0.1) is 5.92 Å². The molecule has 0 aliphatic carbocycles. The number of amides is 1. The molecule has 34 heavy (non-hydrogen) atoms. The highest BCUT2D eigenvalue weighted by Crippen LogP contribution is 2.25. The first-order valence-corrected chi connectivity index (χ1v) is 12.9. The van der Waals surface area contributed by atoms with Gasteiger partial charge in [0.2, 0.25) is 10.0 Å². The SMILES string of the molecule is COc1ccc(S(=O)(=O)N2CCC(C(=O)OCC(=O)NC(C)CCc3ccccc3)CC2)cc1. The highest BCUT2D eigenvalue weighted by atomic mass is 32.2. The van der Waals surface area contributed by atoms with Crippen molar-refractivity contribution in [2.24, 2.45) is 5.92 Å². The summed E-state index contributed by atoms with van der Waals surface area (Å²) in [5.41, 5.74) is 1.20. The van der Waals surface area contributed by atoms with E-state index in [-0.39, 0.29) is 36.5 Å². The zero-order valence-corrected chi connectivity index (χ0v) is 20.4. The monoisotopic (exact) mass is 488 g/mol. The quantitative estimate of drug-likeness (QED) is 0.516. The molecule has 2 aromatic carbocycles. The molecule has 1 fully saturated rings. The molecule has 8 nitrogen and oxygen atoms in total. The largest absolute Gasteiger partial charge is 0.497 e. The topological polar surface area (TPSA) is 102 Å². The van der Waals surface area contributed by atoms with E-state index in [1.807, 2.05) is 37.3 Å². The molecule has 1 amide bonds. The molecular weight excluding hydrogens is 456 g/mol. The van der Waals surface area contributed by atoms with Gasteiger partial charge in [0.1, 0.15) is 5.75 Å². The second-order valence-corrected chi connectivity index (χ2v) is 10.4. The lowest BCUT2D eigenvalue weighted by Crippen LogP contribution is -2.41. The Morgan fingerprint density at radius 1 is 1.06 bits per heavy atom. The summed E-state index contributed by atoms with van der Waals surface area (Å²) in [5, 5.41) is 2.85. The molecule has 1 heterocycles. The van der Waals surface area contributed by atoms with Crippen molar-refractivity contribution in [1.82, 2.24) is 9.62 Å². The van der Waals surface area contributed by atoms with Gasteiger partial charge in [0.25, 0.3) is 5.91 Å². The van der Waals surface area contributed by atoms with Gasteiger partial charge >= 0.3 is 5.97 Å². The summed E-state index contributed by atoms with van der Waals surface area (Å²) in [6.45, 7) is 2.02.